The molecule has 0 amide bonds. The molecule has 0 N–H and O–H groups in total. The van der Waals surface area contributed by atoms with Gasteiger partial charge >= 0.3 is 0 Å². The average Bonchev–Trinajstić information content (AvgIpc) is 2.79. The standard InChI is InChI=1S/C13H12BrClF2OS/c14-10-3-1-2-8-9(7-19-13(8)10)11(15)4-5-18-6-12(16)17/h1-3,7,11-12H,4-6H2. The predicted octanol–water partition coefficient (Wildman–Crippen LogP) is 5.62. The first-order chi connectivity index (χ1) is 9.09. The van der Waals surface area contributed by atoms with Crippen molar-refractivity contribution in [1.82, 2.24) is 0 Å². The van der Waals surface area contributed by atoms with Gasteiger partial charge in [-0.05, 0) is 44.7 Å². The lowest BCUT2D eigenvalue weighted by Gasteiger charge is -2.09. The largest absolute Gasteiger partial charge is 0.375 e. The number of halogens is 4. The molecule has 1 atom stereocenters. The van der Waals surface area contributed by atoms with Gasteiger partial charge in [0.2, 0.25) is 0 Å². The molecule has 0 aliphatic rings. The number of hydrogen-bond donors (Lipinski definition) is 0. The van der Waals surface area contributed by atoms with Crippen molar-refractivity contribution in [2.45, 2.75) is 18.2 Å². The zero-order chi connectivity index (χ0) is 13.8. The van der Waals surface area contributed by atoms with Crippen molar-refractivity contribution in [3.63, 3.8) is 0 Å². The van der Waals surface area contributed by atoms with E-state index in [1.54, 1.807) is 11.3 Å². The van der Waals surface area contributed by atoms with E-state index >= 15 is 0 Å². The van der Waals surface area contributed by atoms with Crippen LogP contribution in [0.5, 0.6) is 0 Å². The molecule has 6 heteroatoms. The summed E-state index contributed by atoms with van der Waals surface area (Å²) >= 11 is 11.4. The normalized spacial score (nSPS) is 13.3. The molecule has 0 saturated heterocycles. The lowest BCUT2D eigenvalue weighted by molar-refractivity contribution is 0.0165. The van der Waals surface area contributed by atoms with E-state index in [0.717, 1.165) is 20.1 Å². The highest BCUT2D eigenvalue weighted by Crippen LogP contribution is 2.38. The Morgan fingerprint density at radius 1 is 1.37 bits per heavy atom. The van der Waals surface area contributed by atoms with Crippen LogP contribution >= 0.6 is 38.9 Å². The molecule has 2 aromatic rings. The molecular weight excluding hydrogens is 358 g/mol. The molecule has 1 unspecified atom stereocenters. The Balaban J connectivity index is 2.01. The third kappa shape index (κ3) is 3.88. The van der Waals surface area contributed by atoms with Crippen LogP contribution in [-0.2, 0) is 4.74 Å². The smallest absolute Gasteiger partial charge is 0.261 e. The fourth-order valence-electron chi connectivity index (χ4n) is 1.80. The van der Waals surface area contributed by atoms with E-state index in [2.05, 4.69) is 15.9 Å². The number of fused-ring (bicyclic) bond motifs is 1. The van der Waals surface area contributed by atoms with E-state index in [9.17, 15) is 8.78 Å². The maximum Gasteiger partial charge on any atom is 0.261 e. The lowest BCUT2D eigenvalue weighted by atomic mass is 10.1. The second kappa shape index (κ2) is 6.97. The number of benzene rings is 1. The van der Waals surface area contributed by atoms with Gasteiger partial charge in [-0.2, -0.15) is 0 Å². The van der Waals surface area contributed by atoms with Gasteiger partial charge in [-0.15, -0.1) is 22.9 Å². The summed E-state index contributed by atoms with van der Waals surface area (Å²) in [5, 5.41) is 2.90. The number of alkyl halides is 3. The SMILES string of the molecule is FC(F)COCCC(Cl)c1csc2c(Br)cccc12. The molecule has 2 rings (SSSR count). The van der Waals surface area contributed by atoms with Crippen molar-refractivity contribution >= 4 is 49.0 Å². The summed E-state index contributed by atoms with van der Waals surface area (Å²) in [5.74, 6) is 0. The highest BCUT2D eigenvalue weighted by atomic mass is 79.9. The minimum atomic E-state index is -2.42. The van der Waals surface area contributed by atoms with Gasteiger partial charge in [0, 0.05) is 15.8 Å². The molecule has 1 nitrogen and oxygen atoms in total. The first kappa shape index (κ1) is 15.2. The number of rotatable bonds is 6. The lowest BCUT2D eigenvalue weighted by Crippen LogP contribution is -2.06. The molecule has 0 bridgehead atoms. The first-order valence-corrected chi connectivity index (χ1v) is 7.86. The molecular formula is C13H12BrClF2OS. The fraction of sp³-hybridized carbons (Fsp3) is 0.385. The van der Waals surface area contributed by atoms with Gasteiger partial charge in [-0.1, -0.05) is 12.1 Å². The van der Waals surface area contributed by atoms with Crippen LogP contribution in [0, 0.1) is 0 Å². The molecule has 1 aromatic heterocycles. The first-order valence-electron chi connectivity index (χ1n) is 5.75. The Morgan fingerprint density at radius 2 is 2.16 bits per heavy atom. The summed E-state index contributed by atoms with van der Waals surface area (Å²) in [7, 11) is 0. The molecule has 104 valence electrons. The van der Waals surface area contributed by atoms with Crippen molar-refractivity contribution in [3.05, 3.63) is 33.6 Å². The van der Waals surface area contributed by atoms with Crippen LogP contribution in [-0.4, -0.2) is 19.6 Å². The summed E-state index contributed by atoms with van der Waals surface area (Å²) in [6.07, 6.45) is -1.90. The molecule has 1 heterocycles. The van der Waals surface area contributed by atoms with E-state index in [-0.39, 0.29) is 12.0 Å². The molecule has 19 heavy (non-hydrogen) atoms. The molecule has 1 aromatic carbocycles. The number of hydrogen-bond acceptors (Lipinski definition) is 2. The van der Waals surface area contributed by atoms with E-state index in [1.165, 1.54) is 0 Å². The Kier molecular flexibility index (Phi) is 5.57. The monoisotopic (exact) mass is 368 g/mol. The Morgan fingerprint density at radius 3 is 2.89 bits per heavy atom. The van der Waals surface area contributed by atoms with Gasteiger partial charge in [0.05, 0.1) is 5.38 Å². The number of thiophene rings is 1. The Bertz CT molecular complexity index is 546. The summed E-state index contributed by atoms with van der Waals surface area (Å²) in [6, 6.07) is 5.96. The van der Waals surface area contributed by atoms with E-state index < -0.39 is 13.0 Å². The summed E-state index contributed by atoms with van der Waals surface area (Å²) < 4.78 is 30.9. The second-order valence-electron chi connectivity index (χ2n) is 4.03. The van der Waals surface area contributed by atoms with Gasteiger partial charge in [0.25, 0.3) is 6.43 Å². The van der Waals surface area contributed by atoms with Gasteiger partial charge in [-0.3, -0.25) is 0 Å². The van der Waals surface area contributed by atoms with E-state index in [4.69, 9.17) is 16.3 Å². The van der Waals surface area contributed by atoms with Crippen LogP contribution in [0.4, 0.5) is 8.78 Å². The number of ether oxygens (including phenoxy) is 1. The van der Waals surface area contributed by atoms with Gasteiger partial charge in [-0.25, -0.2) is 8.78 Å². The quantitative estimate of drug-likeness (QED) is 0.474. The average molecular weight is 370 g/mol. The molecule has 0 aliphatic heterocycles. The zero-order valence-electron chi connectivity index (χ0n) is 9.91. The van der Waals surface area contributed by atoms with Crippen molar-refractivity contribution in [2.24, 2.45) is 0 Å². The molecule has 0 radical (unpaired) electrons. The van der Waals surface area contributed by atoms with Crippen molar-refractivity contribution in [3.8, 4) is 0 Å². The minimum Gasteiger partial charge on any atom is -0.375 e. The molecule has 0 fully saturated rings. The summed E-state index contributed by atoms with van der Waals surface area (Å²) in [4.78, 5) is 0. The minimum absolute atomic E-state index is 0.222. The van der Waals surface area contributed by atoms with Crippen LogP contribution in [0.25, 0.3) is 10.1 Å². The highest BCUT2D eigenvalue weighted by Gasteiger charge is 2.14. The van der Waals surface area contributed by atoms with Gasteiger partial charge < -0.3 is 4.74 Å². The topological polar surface area (TPSA) is 9.23 Å². The molecule has 0 spiro atoms. The van der Waals surface area contributed by atoms with Crippen molar-refractivity contribution in [2.75, 3.05) is 13.2 Å². The van der Waals surface area contributed by atoms with E-state index in [0.29, 0.717) is 6.42 Å². The van der Waals surface area contributed by atoms with Crippen LogP contribution in [0.1, 0.15) is 17.4 Å². The fourth-order valence-corrected chi connectivity index (χ4v) is 3.82. The Labute approximate surface area is 127 Å². The van der Waals surface area contributed by atoms with Crippen LogP contribution in [0.3, 0.4) is 0 Å². The summed E-state index contributed by atoms with van der Waals surface area (Å²) in [5.41, 5.74) is 1.03. The third-order valence-corrected chi connectivity index (χ3v) is 5.10. The van der Waals surface area contributed by atoms with Crippen LogP contribution in [0.15, 0.2) is 28.1 Å². The molecule has 0 aliphatic carbocycles. The van der Waals surface area contributed by atoms with Crippen molar-refractivity contribution < 1.29 is 13.5 Å². The predicted molar refractivity (Wildman–Crippen MR) is 79.6 cm³/mol. The second-order valence-corrected chi connectivity index (χ2v) is 6.29. The summed E-state index contributed by atoms with van der Waals surface area (Å²) in [6.45, 7) is -0.288. The maximum atomic E-state index is 11.9. The Hall–Kier alpha value is -0.230. The van der Waals surface area contributed by atoms with Crippen molar-refractivity contribution in [1.29, 1.82) is 0 Å². The maximum absolute atomic E-state index is 11.9. The molecule has 0 saturated carbocycles. The zero-order valence-corrected chi connectivity index (χ0v) is 13.1. The van der Waals surface area contributed by atoms with Gasteiger partial charge in [0.15, 0.2) is 0 Å². The third-order valence-electron chi connectivity index (χ3n) is 2.68. The highest BCUT2D eigenvalue weighted by molar-refractivity contribution is 9.10. The van der Waals surface area contributed by atoms with Gasteiger partial charge in [0.1, 0.15) is 6.61 Å². The van der Waals surface area contributed by atoms with Crippen LogP contribution in [0.2, 0.25) is 0 Å². The van der Waals surface area contributed by atoms with Crippen LogP contribution < -0.4 is 0 Å². The van der Waals surface area contributed by atoms with E-state index in [1.807, 2.05) is 23.6 Å².